The molecule has 2 aromatic rings. The maximum atomic E-state index is 4.24. The lowest BCUT2D eigenvalue weighted by Gasteiger charge is -2.13. The molecule has 6 nitrogen and oxygen atoms in total. The van der Waals surface area contributed by atoms with Gasteiger partial charge in [-0.2, -0.15) is 0 Å². The van der Waals surface area contributed by atoms with Crippen molar-refractivity contribution >= 4 is 0 Å². The Morgan fingerprint density at radius 3 is 3.18 bits per heavy atom. The van der Waals surface area contributed by atoms with Gasteiger partial charge in [-0.15, -0.1) is 5.10 Å². The predicted octanol–water partition coefficient (Wildman–Crippen LogP) is 0.599. The van der Waals surface area contributed by atoms with E-state index in [0.29, 0.717) is 6.04 Å². The summed E-state index contributed by atoms with van der Waals surface area (Å²) in [4.78, 5) is 4.24. The molecule has 1 saturated heterocycles. The molecule has 0 amide bonds. The summed E-state index contributed by atoms with van der Waals surface area (Å²) in [5.74, 6) is 0. The van der Waals surface area contributed by atoms with Crippen LogP contribution in [-0.2, 0) is 13.1 Å². The molecule has 0 aromatic carbocycles. The molecule has 0 spiro atoms. The summed E-state index contributed by atoms with van der Waals surface area (Å²) in [5.41, 5.74) is 1.28. The minimum Gasteiger partial charge on any atom is -0.331 e. The van der Waals surface area contributed by atoms with Crippen LogP contribution in [0.15, 0.2) is 24.9 Å². The fourth-order valence-electron chi connectivity index (χ4n) is 2.31. The second-order valence-electron chi connectivity index (χ2n) is 4.33. The van der Waals surface area contributed by atoms with Crippen LogP contribution in [0.5, 0.6) is 0 Å². The standard InChI is InChI=1S/C11H16N6/c1-2-10(13-3-1)11-8-12-9-16(11)6-7-17-5-4-14-15-17/h4-5,8-10,13H,1-3,6-7H2/t10-/m0/s1. The van der Waals surface area contributed by atoms with Gasteiger partial charge in [0.2, 0.25) is 0 Å². The molecule has 0 aliphatic carbocycles. The van der Waals surface area contributed by atoms with Gasteiger partial charge in [0.1, 0.15) is 0 Å². The fourth-order valence-corrected chi connectivity index (χ4v) is 2.31. The van der Waals surface area contributed by atoms with E-state index >= 15 is 0 Å². The van der Waals surface area contributed by atoms with Crippen LogP contribution in [0, 0.1) is 0 Å². The average Bonchev–Trinajstić information content (AvgIpc) is 3.09. The molecule has 3 rings (SSSR count). The lowest BCUT2D eigenvalue weighted by atomic mass is 10.2. The van der Waals surface area contributed by atoms with E-state index in [0.717, 1.165) is 19.6 Å². The highest BCUT2D eigenvalue weighted by atomic mass is 15.4. The number of rotatable bonds is 4. The Morgan fingerprint density at radius 1 is 1.41 bits per heavy atom. The number of hydrogen-bond donors (Lipinski definition) is 1. The minimum absolute atomic E-state index is 0.466. The summed E-state index contributed by atoms with van der Waals surface area (Å²) in [7, 11) is 0. The number of aromatic nitrogens is 5. The van der Waals surface area contributed by atoms with Gasteiger partial charge in [0.15, 0.2) is 0 Å². The first-order chi connectivity index (χ1) is 8.43. The number of imidazole rings is 1. The Bertz CT molecular complexity index is 454. The highest BCUT2D eigenvalue weighted by molar-refractivity contribution is 5.07. The molecule has 2 aromatic heterocycles. The van der Waals surface area contributed by atoms with Crippen molar-refractivity contribution < 1.29 is 0 Å². The van der Waals surface area contributed by atoms with Crippen LogP contribution in [0.4, 0.5) is 0 Å². The third-order valence-corrected chi connectivity index (χ3v) is 3.20. The monoisotopic (exact) mass is 232 g/mol. The van der Waals surface area contributed by atoms with Crippen LogP contribution in [0.1, 0.15) is 24.6 Å². The molecular weight excluding hydrogens is 216 g/mol. The summed E-state index contributed by atoms with van der Waals surface area (Å²) in [5, 5.41) is 11.3. The van der Waals surface area contributed by atoms with E-state index in [9.17, 15) is 0 Å². The van der Waals surface area contributed by atoms with Crippen LogP contribution in [0.3, 0.4) is 0 Å². The summed E-state index contributed by atoms with van der Waals surface area (Å²) < 4.78 is 4.04. The van der Waals surface area contributed by atoms with Gasteiger partial charge in [-0.25, -0.2) is 4.98 Å². The topological polar surface area (TPSA) is 60.6 Å². The minimum atomic E-state index is 0.466. The maximum Gasteiger partial charge on any atom is 0.0949 e. The van der Waals surface area contributed by atoms with E-state index < -0.39 is 0 Å². The predicted molar refractivity (Wildman–Crippen MR) is 62.2 cm³/mol. The lowest BCUT2D eigenvalue weighted by molar-refractivity contribution is 0.489. The van der Waals surface area contributed by atoms with Crippen LogP contribution in [-0.4, -0.2) is 31.1 Å². The van der Waals surface area contributed by atoms with Gasteiger partial charge in [0, 0.05) is 25.0 Å². The second-order valence-corrected chi connectivity index (χ2v) is 4.33. The molecule has 0 radical (unpaired) electrons. The van der Waals surface area contributed by atoms with Crippen molar-refractivity contribution in [1.29, 1.82) is 0 Å². The molecule has 1 N–H and O–H groups in total. The Hall–Kier alpha value is -1.69. The third-order valence-electron chi connectivity index (χ3n) is 3.20. The summed E-state index contributed by atoms with van der Waals surface area (Å²) in [6.07, 6.45) is 9.89. The number of hydrogen-bond acceptors (Lipinski definition) is 4. The molecule has 0 saturated carbocycles. The zero-order valence-corrected chi connectivity index (χ0v) is 9.66. The molecule has 1 aliphatic heterocycles. The molecule has 1 fully saturated rings. The molecule has 6 heteroatoms. The maximum absolute atomic E-state index is 4.24. The van der Waals surface area contributed by atoms with Crippen molar-refractivity contribution in [2.45, 2.75) is 32.0 Å². The first-order valence-corrected chi connectivity index (χ1v) is 6.01. The highest BCUT2D eigenvalue weighted by Gasteiger charge is 2.19. The molecule has 1 aliphatic rings. The Morgan fingerprint density at radius 2 is 2.41 bits per heavy atom. The zero-order chi connectivity index (χ0) is 11.5. The van der Waals surface area contributed by atoms with Gasteiger partial charge in [0.25, 0.3) is 0 Å². The summed E-state index contributed by atoms with van der Waals surface area (Å²) in [6, 6.07) is 0.466. The van der Waals surface area contributed by atoms with Crippen molar-refractivity contribution in [3.8, 4) is 0 Å². The fraction of sp³-hybridized carbons (Fsp3) is 0.545. The van der Waals surface area contributed by atoms with E-state index in [2.05, 4.69) is 25.2 Å². The van der Waals surface area contributed by atoms with Crippen molar-refractivity contribution in [3.63, 3.8) is 0 Å². The van der Waals surface area contributed by atoms with E-state index in [1.807, 2.05) is 23.4 Å². The average molecular weight is 232 g/mol. The Balaban J connectivity index is 1.68. The van der Waals surface area contributed by atoms with E-state index in [1.165, 1.54) is 18.5 Å². The molecule has 3 heterocycles. The molecule has 90 valence electrons. The van der Waals surface area contributed by atoms with Crippen molar-refractivity contribution in [2.75, 3.05) is 6.54 Å². The summed E-state index contributed by atoms with van der Waals surface area (Å²) >= 11 is 0. The first kappa shape index (κ1) is 10.5. The Kier molecular flexibility index (Phi) is 2.87. The van der Waals surface area contributed by atoms with Gasteiger partial charge in [-0.05, 0) is 19.4 Å². The van der Waals surface area contributed by atoms with Crippen LogP contribution < -0.4 is 5.32 Å². The third kappa shape index (κ3) is 2.21. The molecule has 17 heavy (non-hydrogen) atoms. The first-order valence-electron chi connectivity index (χ1n) is 6.01. The highest BCUT2D eigenvalue weighted by Crippen LogP contribution is 2.22. The van der Waals surface area contributed by atoms with Crippen LogP contribution in [0.2, 0.25) is 0 Å². The lowest BCUT2D eigenvalue weighted by Crippen LogP contribution is -2.18. The molecule has 0 bridgehead atoms. The van der Waals surface area contributed by atoms with Gasteiger partial charge in [-0.3, -0.25) is 4.68 Å². The van der Waals surface area contributed by atoms with E-state index in [-0.39, 0.29) is 0 Å². The summed E-state index contributed by atoms with van der Waals surface area (Å²) in [6.45, 7) is 2.83. The number of nitrogens with one attached hydrogen (secondary N) is 1. The normalized spacial score (nSPS) is 19.9. The van der Waals surface area contributed by atoms with E-state index in [1.54, 1.807) is 6.20 Å². The van der Waals surface area contributed by atoms with Gasteiger partial charge in [-0.1, -0.05) is 5.21 Å². The molecule has 1 atom stereocenters. The van der Waals surface area contributed by atoms with Crippen LogP contribution in [0.25, 0.3) is 0 Å². The van der Waals surface area contributed by atoms with Crippen LogP contribution >= 0.6 is 0 Å². The number of nitrogens with zero attached hydrogens (tertiary/aromatic N) is 5. The van der Waals surface area contributed by atoms with Crippen molar-refractivity contribution in [2.24, 2.45) is 0 Å². The zero-order valence-electron chi connectivity index (χ0n) is 9.66. The van der Waals surface area contributed by atoms with Crippen molar-refractivity contribution in [3.05, 3.63) is 30.6 Å². The van der Waals surface area contributed by atoms with Gasteiger partial charge < -0.3 is 9.88 Å². The van der Waals surface area contributed by atoms with Gasteiger partial charge >= 0.3 is 0 Å². The smallest absolute Gasteiger partial charge is 0.0949 e. The molecular formula is C11H16N6. The van der Waals surface area contributed by atoms with E-state index in [4.69, 9.17) is 0 Å². The number of aryl methyl sites for hydroxylation is 2. The van der Waals surface area contributed by atoms with Gasteiger partial charge in [0.05, 0.1) is 24.8 Å². The quantitative estimate of drug-likeness (QED) is 0.838. The second kappa shape index (κ2) is 4.67. The molecule has 0 unspecified atom stereocenters. The largest absolute Gasteiger partial charge is 0.331 e. The SMILES string of the molecule is c1cn(CCn2cncc2[C@@H]2CCCN2)nn1. The van der Waals surface area contributed by atoms with Crippen molar-refractivity contribution in [1.82, 2.24) is 29.9 Å². The Labute approximate surface area is 99.7 Å².